The topological polar surface area (TPSA) is 735 Å². The Labute approximate surface area is 771 Å². The van der Waals surface area contributed by atoms with Crippen molar-refractivity contribution in [2.45, 2.75) is 245 Å². The second-order valence-corrected chi connectivity index (χ2v) is 35.2. The third-order valence-corrected chi connectivity index (χ3v) is 26.9. The monoisotopic (exact) mass is 1910 g/mol. The van der Waals surface area contributed by atoms with Crippen LogP contribution < -0.4 is 0 Å². The second kappa shape index (κ2) is 41.6. The fourth-order valence-electron chi connectivity index (χ4n) is 19.2. The lowest BCUT2D eigenvalue weighted by Gasteiger charge is -2.46. The fourth-order valence-corrected chi connectivity index (χ4v) is 19.2. The predicted molar refractivity (Wildman–Crippen MR) is 462 cm³/mol. The normalized spacial score (nSPS) is 39.4. The van der Waals surface area contributed by atoms with Gasteiger partial charge in [-0.05, 0) is 93.1 Å². The van der Waals surface area contributed by atoms with Crippen molar-refractivity contribution in [3.8, 4) is 44.5 Å². The van der Waals surface area contributed by atoms with Crippen LogP contribution in [-0.2, 0) is 56.8 Å². The molecule has 4 aromatic carbocycles. The summed E-state index contributed by atoms with van der Waals surface area (Å²) in [5.74, 6) is 0. The van der Waals surface area contributed by atoms with E-state index in [0.717, 1.165) is 0 Å². The molecule has 4 unspecified atom stereocenters. The van der Waals surface area contributed by atoms with Crippen molar-refractivity contribution in [2.24, 2.45) is 0 Å². The van der Waals surface area contributed by atoms with Crippen molar-refractivity contribution in [1.29, 1.82) is 0 Å². The van der Waals surface area contributed by atoms with E-state index in [2.05, 4.69) is 9.97 Å². The Balaban J connectivity index is 0.788. The minimum absolute atomic E-state index is 0.262. The smallest absolute Gasteiger partial charge is 0.187 e. The van der Waals surface area contributed by atoms with E-state index >= 15 is 0 Å². The summed E-state index contributed by atoms with van der Waals surface area (Å²) >= 11 is 0. The first-order valence-corrected chi connectivity index (χ1v) is 44.3. The Kier molecular flexibility index (Phi) is 30.4. The summed E-state index contributed by atoms with van der Waals surface area (Å²) < 4.78 is 70.7. The maximum Gasteiger partial charge on any atom is 0.187 e. The molecule has 0 aliphatic carbocycles. The third-order valence-electron chi connectivity index (χ3n) is 26.9. The molecule has 3 aromatic heterocycles. The molecule has 8 bridgehead atoms. The number of nitrogens with one attached hydrogen (secondary N) is 2. The van der Waals surface area contributed by atoms with Crippen LogP contribution in [0.15, 0.2) is 121 Å². The lowest BCUT2D eigenvalue weighted by molar-refractivity contribution is -0.342. The molecule has 30 N–H and O–H groups in total. The Morgan fingerprint density at radius 1 is 0.206 bits per heavy atom. The molecule has 0 saturated carbocycles. The van der Waals surface area contributed by atoms with Gasteiger partial charge in [0.1, 0.15) is 220 Å². The highest BCUT2D eigenvalue weighted by molar-refractivity contribution is 6.00. The summed E-state index contributed by atoms with van der Waals surface area (Å²) in [6.07, 6.45) is -60.8. The molecule has 44 nitrogen and oxygen atoms in total. The molecule has 0 spiro atoms. The molecule has 44 heteroatoms. The summed E-state index contributed by atoms with van der Waals surface area (Å²) in [5.41, 5.74) is 7.43. The molecule has 0 radical (unpaired) electrons. The van der Waals surface area contributed by atoms with Gasteiger partial charge >= 0.3 is 0 Å². The lowest BCUT2D eigenvalue weighted by atomic mass is 9.90. The van der Waals surface area contributed by atoms with Crippen molar-refractivity contribution in [1.82, 2.24) is 19.9 Å². The standard InChI is InChI=1S/C92H110N4O40/c97-25-49-61(105)65(109)77(121)89(129-49)133-85-53(29-101)125-81(69(113)73(85)117)37-9-1-33(2-10-37)57-41-17-19-43(93-41)58(34-3-11-38(12-4-34)82-70(114)74(118)86(54(30-102)126-82)134-90-78(122)66(110)62(106)50(26-98)130-90)45-21-23-47(95-45)60(36-7-15-40(16-8-36)84-72(116)76(120)88(56(32-104)128-84)136-92-80(124)68(112)64(108)52(28-100)132-92)48-24-22-46(96-48)59(44-20-18-42(57)94-44)35-5-13-39(14-6-35)83-71(115)75(119)87(55(31-103)127-83)135-91-79(123)67(111)63(107)51(27-99)131-91/h1-24,49-56,61-93,96-124H,25-32H2/t49-,50-,51-,52-,53-,54-,55-,56-,61+,62+,63+,64+,65+,66+,67+,68+,69-,70-,71-,72-,73-,74-,75-,76-,77-,78-,79-,80-,81?,82?,83?,84?,85-,86-,87-,88-,89+,90+,91+,92+/m1/s1. The highest BCUT2D eigenvalue weighted by atomic mass is 16.8. The number of fused-ring (bicyclic) bond motifs is 8. The van der Waals surface area contributed by atoms with E-state index in [1.807, 2.05) is 0 Å². The van der Waals surface area contributed by atoms with E-state index in [9.17, 15) is 143 Å². The van der Waals surface area contributed by atoms with Gasteiger partial charge in [0.25, 0.3) is 0 Å². The Morgan fingerprint density at radius 3 is 0.566 bits per heavy atom. The first-order valence-electron chi connectivity index (χ1n) is 44.3. The number of hydrogen-bond donors (Lipinski definition) is 30. The third kappa shape index (κ3) is 18.7. The van der Waals surface area contributed by atoms with Gasteiger partial charge in [0, 0.05) is 44.3 Å². The van der Waals surface area contributed by atoms with Crippen LogP contribution in [-0.4, -0.2) is 436 Å². The zero-order valence-electron chi connectivity index (χ0n) is 71.9. The summed E-state index contributed by atoms with van der Waals surface area (Å²) in [7, 11) is 0. The summed E-state index contributed by atoms with van der Waals surface area (Å²) in [4.78, 5) is 18.1. The fraction of sp³-hybridized carbons (Fsp3) is 0.522. The van der Waals surface area contributed by atoms with Gasteiger partial charge in [-0.2, -0.15) is 0 Å². The van der Waals surface area contributed by atoms with E-state index < -0.39 is 298 Å². The number of aromatic amines is 2. The number of rotatable bonds is 24. The van der Waals surface area contributed by atoms with Crippen molar-refractivity contribution in [3.63, 3.8) is 0 Å². The molecule has 8 fully saturated rings. The number of aromatic nitrogens is 4. The van der Waals surface area contributed by atoms with Crippen LogP contribution >= 0.6 is 0 Å². The van der Waals surface area contributed by atoms with Crippen molar-refractivity contribution >= 4 is 46.4 Å². The van der Waals surface area contributed by atoms with Crippen LogP contribution in [0.25, 0.3) is 90.9 Å². The van der Waals surface area contributed by atoms with E-state index in [4.69, 9.17) is 66.8 Å². The van der Waals surface area contributed by atoms with Crippen LogP contribution in [0, 0.1) is 0 Å². The Hall–Kier alpha value is -8.12. The second-order valence-electron chi connectivity index (χ2n) is 35.2. The van der Waals surface area contributed by atoms with Crippen LogP contribution in [0.4, 0.5) is 0 Å². The number of aliphatic hydroxyl groups excluding tert-OH is 28. The van der Waals surface area contributed by atoms with Gasteiger partial charge in [-0.15, -0.1) is 0 Å². The molecule has 7 aromatic rings. The largest absolute Gasteiger partial charge is 0.394 e. The molecule has 40 atom stereocenters. The molecule has 10 aliphatic rings. The summed E-state index contributed by atoms with van der Waals surface area (Å²) in [6, 6.07) is 33.3. The molecule has 8 saturated heterocycles. The van der Waals surface area contributed by atoms with E-state index in [1.54, 1.807) is 146 Å². The number of ether oxygens (including phenoxy) is 12. The van der Waals surface area contributed by atoms with Gasteiger partial charge in [-0.25, -0.2) is 9.97 Å². The van der Waals surface area contributed by atoms with Gasteiger partial charge in [-0.3, -0.25) is 0 Å². The van der Waals surface area contributed by atoms with Crippen LogP contribution in [0.1, 0.15) is 69.4 Å². The van der Waals surface area contributed by atoms with E-state index in [-0.39, 0.29) is 22.3 Å². The number of nitrogens with zero attached hydrogens (tertiary/aromatic N) is 2. The number of H-pyrrole nitrogens is 2. The van der Waals surface area contributed by atoms with Crippen molar-refractivity contribution in [3.05, 3.63) is 166 Å². The molecule has 17 rings (SSSR count). The van der Waals surface area contributed by atoms with Crippen LogP contribution in [0.2, 0.25) is 0 Å². The molecular formula is C92H110N4O40. The minimum atomic E-state index is -1.93. The number of aliphatic hydroxyl groups is 28. The quantitative estimate of drug-likeness (QED) is 0.0267. The Bertz CT molecular complexity index is 4820. The predicted octanol–water partition coefficient (Wildman–Crippen LogP) is -7.32. The van der Waals surface area contributed by atoms with Crippen LogP contribution in [0.5, 0.6) is 0 Å². The number of benzene rings is 4. The van der Waals surface area contributed by atoms with Crippen molar-refractivity contribution in [2.75, 3.05) is 52.9 Å². The van der Waals surface area contributed by atoms with E-state index in [0.29, 0.717) is 89.4 Å². The maximum atomic E-state index is 11.9. The highest BCUT2D eigenvalue weighted by Crippen LogP contribution is 2.47. The average Bonchev–Trinajstić information content (AvgIpc) is 1.60. The van der Waals surface area contributed by atoms with Gasteiger partial charge in [0.15, 0.2) is 25.2 Å². The van der Waals surface area contributed by atoms with Gasteiger partial charge < -0.3 is 210 Å². The van der Waals surface area contributed by atoms with E-state index in [1.165, 1.54) is 0 Å². The molecule has 738 valence electrons. The SMILES string of the molecule is OC[C@H]1O[C@@H](O[C@H]2[C@H](O)[C@@H](O)C(c3ccc(-c4c5nc(c(-c6ccc(C7O[C@H](CO)[C@@H](O[C@@H]8O[C@H](CO)[C@H](O)[C@H](O)[C@H]8O)[C@H](O)[C@H]7O)cc6)c6ccc([nH]6)c(-c6ccc(C7O[C@H](CO)[C@@H](O[C@@H]8O[C@H](CO)[C@H](O)[C@H](O)[C@H]8O)[C@H](O)[C@H]7O)cc6)c6nc(c(-c7ccc(C8O[C@H](CO)[C@@H](O[C@@H]9O[C@H](CO)[C@H](O)[C@H](O)[C@H]9O)[C@H](O)[C@H]8O)cc7)c7ccc4[nH]7)C=C6)C=C5)cc3)O[C@@H]2CO)[C@H](O)[C@@H](O)[C@H]1O. The Morgan fingerprint density at radius 2 is 0.390 bits per heavy atom. The summed E-state index contributed by atoms with van der Waals surface area (Å²) in [6.45, 7) is -6.58. The summed E-state index contributed by atoms with van der Waals surface area (Å²) in [5, 5.41) is 306. The lowest BCUT2D eigenvalue weighted by Crippen LogP contribution is -2.63. The van der Waals surface area contributed by atoms with Gasteiger partial charge in [-0.1, -0.05) is 97.1 Å². The van der Waals surface area contributed by atoms with Gasteiger partial charge in [0.05, 0.1) is 75.6 Å². The first kappa shape index (κ1) is 99.4. The molecular weight excluding hydrogens is 1800 g/mol. The zero-order chi connectivity index (χ0) is 96.6. The average molecular weight is 1910 g/mol. The van der Waals surface area contributed by atoms with Crippen LogP contribution in [0.3, 0.4) is 0 Å². The first-order chi connectivity index (χ1) is 65.3. The molecule has 10 aliphatic heterocycles. The molecule has 13 heterocycles. The number of hydrogen-bond acceptors (Lipinski definition) is 42. The zero-order valence-corrected chi connectivity index (χ0v) is 71.9. The molecule has 0 amide bonds. The minimum Gasteiger partial charge on any atom is -0.394 e. The molecule has 136 heavy (non-hydrogen) atoms. The van der Waals surface area contributed by atoms with Gasteiger partial charge in [0.2, 0.25) is 0 Å². The maximum absolute atomic E-state index is 11.9. The van der Waals surface area contributed by atoms with Crippen molar-refractivity contribution < 1.29 is 200 Å². The highest BCUT2D eigenvalue weighted by Gasteiger charge is 2.57.